The molecule has 0 radical (unpaired) electrons. The molecule has 1 aliphatic rings. The minimum atomic E-state index is -0.277. The molecule has 0 bridgehead atoms. The summed E-state index contributed by atoms with van der Waals surface area (Å²) >= 11 is 0. The van der Waals surface area contributed by atoms with Crippen molar-refractivity contribution in [1.29, 1.82) is 0 Å². The summed E-state index contributed by atoms with van der Waals surface area (Å²) in [6, 6.07) is 5.34. The Labute approximate surface area is 143 Å². The van der Waals surface area contributed by atoms with Gasteiger partial charge >= 0.3 is 0 Å². The van der Waals surface area contributed by atoms with Crippen LogP contribution in [0.5, 0.6) is 11.5 Å². The first kappa shape index (κ1) is 18.1. The molecule has 1 heterocycles. The molecule has 132 valence electrons. The molecule has 0 unspecified atom stereocenters. The number of hydrogen-bond acceptors (Lipinski definition) is 5. The van der Waals surface area contributed by atoms with Crippen LogP contribution in [0.4, 0.5) is 0 Å². The lowest BCUT2D eigenvalue weighted by Crippen LogP contribution is -2.33. The molecular weight excluding hydrogens is 308 g/mol. The second kappa shape index (κ2) is 8.57. The molecule has 1 aliphatic heterocycles. The standard InChI is InChI=1S/C18H26N2O4/c1-12(2)7-8-19-18(22-10-13(3)4)20-17(21)14-5-6-15-16(9-14)24-11-23-15/h5-6,9,12-13H,7-8,10-11H2,1-4H3,(H,19,20,21). The van der Waals surface area contributed by atoms with Crippen molar-refractivity contribution in [3.05, 3.63) is 23.8 Å². The molecule has 0 aromatic heterocycles. The topological polar surface area (TPSA) is 69.2 Å². The smallest absolute Gasteiger partial charge is 0.291 e. The first-order valence-electron chi connectivity index (χ1n) is 8.34. The van der Waals surface area contributed by atoms with E-state index in [1.165, 1.54) is 0 Å². The van der Waals surface area contributed by atoms with E-state index in [0.717, 1.165) is 6.42 Å². The molecule has 6 nitrogen and oxygen atoms in total. The number of hydrogen-bond donors (Lipinski definition) is 1. The van der Waals surface area contributed by atoms with Crippen molar-refractivity contribution in [2.24, 2.45) is 16.8 Å². The Hall–Kier alpha value is -2.24. The van der Waals surface area contributed by atoms with Gasteiger partial charge in [-0.3, -0.25) is 10.1 Å². The Morgan fingerprint density at radius 3 is 2.67 bits per heavy atom. The lowest BCUT2D eigenvalue weighted by Gasteiger charge is -2.13. The van der Waals surface area contributed by atoms with Gasteiger partial charge in [0.15, 0.2) is 11.5 Å². The van der Waals surface area contributed by atoms with Gasteiger partial charge in [0.05, 0.1) is 6.61 Å². The monoisotopic (exact) mass is 334 g/mol. The zero-order chi connectivity index (χ0) is 17.5. The van der Waals surface area contributed by atoms with Gasteiger partial charge in [-0.15, -0.1) is 0 Å². The van der Waals surface area contributed by atoms with E-state index in [1.807, 2.05) is 13.8 Å². The predicted molar refractivity (Wildman–Crippen MR) is 92.6 cm³/mol. The minimum Gasteiger partial charge on any atom is -0.465 e. The average molecular weight is 334 g/mol. The number of carbonyl (C=O) groups excluding carboxylic acids is 1. The van der Waals surface area contributed by atoms with E-state index in [2.05, 4.69) is 24.2 Å². The number of amides is 1. The second-order valence-electron chi connectivity index (χ2n) is 6.60. The van der Waals surface area contributed by atoms with Crippen LogP contribution in [0, 0.1) is 11.8 Å². The third-order valence-corrected chi connectivity index (χ3v) is 3.37. The Bertz CT molecular complexity index is 597. The van der Waals surface area contributed by atoms with Crippen molar-refractivity contribution in [3.8, 4) is 11.5 Å². The van der Waals surface area contributed by atoms with Gasteiger partial charge < -0.3 is 14.2 Å². The quantitative estimate of drug-likeness (QED) is 0.640. The summed E-state index contributed by atoms with van der Waals surface area (Å²) in [7, 11) is 0. The highest BCUT2D eigenvalue weighted by atomic mass is 16.7. The summed E-state index contributed by atoms with van der Waals surface area (Å²) in [6.45, 7) is 9.66. The van der Waals surface area contributed by atoms with Crippen LogP contribution >= 0.6 is 0 Å². The maximum Gasteiger partial charge on any atom is 0.291 e. The van der Waals surface area contributed by atoms with Gasteiger partial charge in [0.25, 0.3) is 11.9 Å². The molecule has 0 aliphatic carbocycles. The second-order valence-corrected chi connectivity index (χ2v) is 6.60. The lowest BCUT2D eigenvalue weighted by atomic mass is 10.1. The Morgan fingerprint density at radius 1 is 1.21 bits per heavy atom. The van der Waals surface area contributed by atoms with Crippen molar-refractivity contribution in [2.75, 3.05) is 19.9 Å². The third kappa shape index (κ3) is 5.44. The molecule has 1 N–H and O–H groups in total. The van der Waals surface area contributed by atoms with E-state index in [0.29, 0.717) is 42.0 Å². The van der Waals surface area contributed by atoms with Crippen LogP contribution in [-0.4, -0.2) is 31.9 Å². The molecule has 1 aromatic carbocycles. The highest BCUT2D eigenvalue weighted by molar-refractivity contribution is 6.04. The van der Waals surface area contributed by atoms with Gasteiger partial charge in [-0.05, 0) is 36.5 Å². The zero-order valence-corrected chi connectivity index (χ0v) is 14.8. The summed E-state index contributed by atoms with van der Waals surface area (Å²) in [5.74, 6) is 1.84. The third-order valence-electron chi connectivity index (χ3n) is 3.37. The normalized spacial score (nSPS) is 13.5. The number of nitrogens with zero attached hydrogens (tertiary/aromatic N) is 1. The Balaban J connectivity index is 2.02. The van der Waals surface area contributed by atoms with E-state index < -0.39 is 0 Å². The number of aliphatic imine (C=N–C) groups is 1. The largest absolute Gasteiger partial charge is 0.465 e. The summed E-state index contributed by atoms with van der Waals surface area (Å²) in [6.07, 6.45) is 0.939. The molecular formula is C18H26N2O4. The van der Waals surface area contributed by atoms with Crippen molar-refractivity contribution in [3.63, 3.8) is 0 Å². The molecule has 0 fully saturated rings. The summed E-state index contributed by atoms with van der Waals surface area (Å²) in [5.41, 5.74) is 0.476. The molecule has 0 spiro atoms. The highest BCUT2D eigenvalue weighted by Gasteiger charge is 2.17. The van der Waals surface area contributed by atoms with Crippen LogP contribution in [0.1, 0.15) is 44.5 Å². The molecule has 6 heteroatoms. The van der Waals surface area contributed by atoms with Crippen molar-refractivity contribution in [2.45, 2.75) is 34.1 Å². The first-order valence-corrected chi connectivity index (χ1v) is 8.34. The Morgan fingerprint density at radius 2 is 1.96 bits per heavy atom. The van der Waals surface area contributed by atoms with Gasteiger partial charge in [0, 0.05) is 12.1 Å². The fourth-order valence-electron chi connectivity index (χ4n) is 2.00. The number of benzene rings is 1. The molecule has 0 saturated heterocycles. The van der Waals surface area contributed by atoms with Crippen molar-refractivity contribution >= 4 is 11.9 Å². The molecule has 1 aromatic rings. The lowest BCUT2D eigenvalue weighted by molar-refractivity contribution is 0.0962. The van der Waals surface area contributed by atoms with E-state index in [-0.39, 0.29) is 18.7 Å². The fraction of sp³-hybridized carbons (Fsp3) is 0.556. The number of amidine groups is 1. The summed E-state index contributed by atoms with van der Waals surface area (Å²) in [4.78, 5) is 16.8. The molecule has 1 amide bonds. The van der Waals surface area contributed by atoms with Crippen molar-refractivity contribution < 1.29 is 19.0 Å². The number of rotatable bonds is 6. The minimum absolute atomic E-state index is 0.180. The fourth-order valence-corrected chi connectivity index (χ4v) is 2.00. The number of carbonyl (C=O) groups is 1. The van der Waals surface area contributed by atoms with E-state index in [4.69, 9.17) is 14.2 Å². The molecule has 0 saturated carbocycles. The Kier molecular flexibility index (Phi) is 6.46. The van der Waals surface area contributed by atoms with Gasteiger partial charge in [0.1, 0.15) is 0 Å². The molecule has 0 atom stereocenters. The summed E-state index contributed by atoms with van der Waals surface area (Å²) in [5, 5.41) is 2.75. The van der Waals surface area contributed by atoms with E-state index >= 15 is 0 Å². The van der Waals surface area contributed by atoms with Crippen LogP contribution in [0.15, 0.2) is 23.2 Å². The van der Waals surface area contributed by atoms with Crippen LogP contribution in [0.2, 0.25) is 0 Å². The maximum atomic E-state index is 12.4. The average Bonchev–Trinajstić information content (AvgIpc) is 2.99. The van der Waals surface area contributed by atoms with Gasteiger partial charge in [-0.2, -0.15) is 0 Å². The zero-order valence-electron chi connectivity index (χ0n) is 14.8. The van der Waals surface area contributed by atoms with Gasteiger partial charge in [-0.25, -0.2) is 4.99 Å². The van der Waals surface area contributed by atoms with Crippen LogP contribution in [-0.2, 0) is 4.74 Å². The predicted octanol–water partition coefficient (Wildman–Crippen LogP) is 3.22. The highest BCUT2D eigenvalue weighted by Crippen LogP contribution is 2.32. The molecule has 24 heavy (non-hydrogen) atoms. The van der Waals surface area contributed by atoms with Crippen molar-refractivity contribution in [1.82, 2.24) is 5.32 Å². The van der Waals surface area contributed by atoms with Gasteiger partial charge in [-0.1, -0.05) is 27.7 Å². The number of nitrogens with one attached hydrogen (secondary N) is 1. The first-order chi connectivity index (χ1) is 11.5. The summed E-state index contributed by atoms with van der Waals surface area (Å²) < 4.78 is 16.2. The number of ether oxygens (including phenoxy) is 3. The van der Waals surface area contributed by atoms with Crippen LogP contribution in [0.3, 0.4) is 0 Å². The van der Waals surface area contributed by atoms with E-state index in [9.17, 15) is 4.79 Å². The van der Waals surface area contributed by atoms with Crippen LogP contribution in [0.25, 0.3) is 0 Å². The van der Waals surface area contributed by atoms with Crippen LogP contribution < -0.4 is 14.8 Å². The number of fused-ring (bicyclic) bond motifs is 1. The maximum absolute atomic E-state index is 12.4. The molecule has 2 rings (SSSR count). The SMILES string of the molecule is CC(C)CCN=C(NC(=O)c1ccc2c(c1)OCO2)OCC(C)C. The van der Waals surface area contributed by atoms with Gasteiger partial charge in [0.2, 0.25) is 6.79 Å². The van der Waals surface area contributed by atoms with E-state index in [1.54, 1.807) is 18.2 Å².